The monoisotopic (exact) mass is 463 g/mol. The van der Waals surface area contributed by atoms with E-state index in [1.165, 1.54) is 4.90 Å². The Kier molecular flexibility index (Phi) is 3.49. The van der Waals surface area contributed by atoms with Crippen LogP contribution in [0.2, 0.25) is 5.02 Å². The van der Waals surface area contributed by atoms with Gasteiger partial charge in [0.1, 0.15) is 0 Å². The van der Waals surface area contributed by atoms with Crippen LogP contribution in [0.15, 0.2) is 72.8 Å². The summed E-state index contributed by atoms with van der Waals surface area (Å²) in [6, 6.07) is 23.3. The van der Waals surface area contributed by atoms with Crippen LogP contribution in [0.5, 0.6) is 0 Å². The Hall–Kier alpha value is -2.43. The summed E-state index contributed by atoms with van der Waals surface area (Å²) >= 11 is 10.4. The number of nitrogens with zero attached hydrogens (tertiary/aromatic N) is 1. The minimum absolute atomic E-state index is 0.143. The first-order valence-corrected chi connectivity index (χ1v) is 10.7. The minimum Gasteiger partial charge on any atom is -0.274 e. The topological polar surface area (TPSA) is 37.4 Å². The molecule has 0 unspecified atom stereocenters. The summed E-state index contributed by atoms with van der Waals surface area (Å²) in [5.41, 5.74) is 4.85. The van der Waals surface area contributed by atoms with Crippen molar-refractivity contribution in [2.45, 2.75) is 10.2 Å². The number of alkyl halides is 1. The van der Waals surface area contributed by atoms with E-state index in [9.17, 15) is 9.59 Å². The first-order chi connectivity index (χ1) is 14.0. The fourth-order valence-corrected chi connectivity index (χ4v) is 6.97. The first-order valence-electron chi connectivity index (χ1n) is 9.55. The van der Waals surface area contributed by atoms with Crippen LogP contribution < -0.4 is 4.90 Å². The number of benzene rings is 3. The van der Waals surface area contributed by atoms with Crippen molar-refractivity contribution in [1.29, 1.82) is 0 Å². The lowest BCUT2D eigenvalue weighted by Gasteiger charge is -2.51. The second-order valence-corrected chi connectivity index (χ2v) is 9.49. The lowest BCUT2D eigenvalue weighted by molar-refractivity contribution is -0.122. The third kappa shape index (κ3) is 1.99. The van der Waals surface area contributed by atoms with E-state index in [1.807, 2.05) is 24.3 Å². The Bertz CT molecular complexity index is 1180. The summed E-state index contributed by atoms with van der Waals surface area (Å²) in [5, 5.41) is 0.402. The van der Waals surface area contributed by atoms with Crippen molar-refractivity contribution in [3.63, 3.8) is 0 Å². The number of hydrogen-bond acceptors (Lipinski definition) is 2. The maximum absolute atomic E-state index is 13.7. The fourth-order valence-electron chi connectivity index (χ4n) is 5.55. The van der Waals surface area contributed by atoms with Crippen molar-refractivity contribution in [2.75, 3.05) is 4.90 Å². The predicted octanol–water partition coefficient (Wildman–Crippen LogP) is 5.24. The smallest absolute Gasteiger partial charge is 0.239 e. The van der Waals surface area contributed by atoms with Gasteiger partial charge in [0.05, 0.1) is 26.9 Å². The van der Waals surface area contributed by atoms with E-state index in [4.69, 9.17) is 11.6 Å². The number of anilines is 1. The molecule has 1 fully saturated rings. The van der Waals surface area contributed by atoms with E-state index >= 15 is 0 Å². The van der Waals surface area contributed by atoms with Crippen LogP contribution in [0.25, 0.3) is 0 Å². The Morgan fingerprint density at radius 1 is 0.793 bits per heavy atom. The van der Waals surface area contributed by atoms with E-state index in [0.717, 1.165) is 22.3 Å². The molecule has 2 atom stereocenters. The SMILES string of the molecule is O=C1[C@@H]2[C@@H](C(=O)N1c1ccccc1Cl)C1c3ccccc3C2(Br)c2ccccc21. The van der Waals surface area contributed by atoms with Crippen LogP contribution in [0.3, 0.4) is 0 Å². The maximum Gasteiger partial charge on any atom is 0.239 e. The zero-order valence-corrected chi connectivity index (χ0v) is 17.5. The van der Waals surface area contributed by atoms with Crippen molar-refractivity contribution in [3.05, 3.63) is 100 Å². The third-order valence-corrected chi connectivity index (χ3v) is 8.27. The number of carbonyl (C=O) groups excluding carboxylic acids is 2. The largest absolute Gasteiger partial charge is 0.274 e. The number of halogens is 2. The molecule has 7 rings (SSSR count). The molecule has 0 spiro atoms. The van der Waals surface area contributed by atoms with Gasteiger partial charge in [-0.05, 0) is 34.4 Å². The Labute approximate surface area is 181 Å². The lowest BCUT2D eigenvalue weighted by atomic mass is 9.55. The van der Waals surface area contributed by atoms with E-state index in [-0.39, 0.29) is 17.7 Å². The van der Waals surface area contributed by atoms with Gasteiger partial charge in [0.25, 0.3) is 0 Å². The van der Waals surface area contributed by atoms with Gasteiger partial charge in [-0.2, -0.15) is 0 Å². The van der Waals surface area contributed by atoms with Gasteiger partial charge in [-0.15, -0.1) is 0 Å². The average molecular weight is 465 g/mol. The van der Waals surface area contributed by atoms with Crippen molar-refractivity contribution in [2.24, 2.45) is 11.8 Å². The molecule has 142 valence electrons. The van der Waals surface area contributed by atoms with Crippen LogP contribution in [0.1, 0.15) is 28.2 Å². The molecule has 0 radical (unpaired) electrons. The van der Waals surface area contributed by atoms with Crippen LogP contribution in [0.4, 0.5) is 5.69 Å². The summed E-state index contributed by atoms with van der Waals surface area (Å²) in [5.74, 6) is -1.48. The highest BCUT2D eigenvalue weighted by molar-refractivity contribution is 9.09. The van der Waals surface area contributed by atoms with Crippen LogP contribution in [0, 0.1) is 11.8 Å². The summed E-state index contributed by atoms with van der Waals surface area (Å²) in [4.78, 5) is 28.7. The summed E-state index contributed by atoms with van der Waals surface area (Å²) in [7, 11) is 0. The second kappa shape index (κ2) is 5.80. The summed E-state index contributed by atoms with van der Waals surface area (Å²) in [6.45, 7) is 0. The average Bonchev–Trinajstić information content (AvgIpc) is 3.01. The van der Waals surface area contributed by atoms with E-state index in [2.05, 4.69) is 40.2 Å². The lowest BCUT2D eigenvalue weighted by Crippen LogP contribution is -2.50. The molecule has 2 amide bonds. The van der Waals surface area contributed by atoms with Crippen molar-refractivity contribution in [1.82, 2.24) is 0 Å². The molecular weight excluding hydrogens is 450 g/mol. The van der Waals surface area contributed by atoms with Gasteiger partial charge < -0.3 is 0 Å². The highest BCUT2D eigenvalue weighted by Crippen LogP contribution is 2.66. The number of amides is 2. The standard InChI is InChI=1S/C24H15BrClNO2/c25-24-15-9-3-1-7-13(15)19(14-8-2-4-10-16(14)24)20-21(24)23(29)27(22(20)28)18-12-6-5-11-17(18)26/h1-12,19-21H/t19?,20-,21-,24?/m0/s1. The normalized spacial score (nSPS) is 28.9. The van der Waals surface area contributed by atoms with Gasteiger partial charge in [0.2, 0.25) is 11.8 Å². The summed E-state index contributed by atoms with van der Waals surface area (Å²) in [6.07, 6.45) is 0. The van der Waals surface area contributed by atoms with Crippen molar-refractivity contribution < 1.29 is 9.59 Å². The molecule has 3 aliphatic carbocycles. The number of imide groups is 1. The molecule has 29 heavy (non-hydrogen) atoms. The molecule has 3 nitrogen and oxygen atoms in total. The van der Waals surface area contributed by atoms with Crippen LogP contribution >= 0.6 is 27.5 Å². The van der Waals surface area contributed by atoms with Crippen LogP contribution in [-0.2, 0) is 13.9 Å². The molecule has 5 heteroatoms. The van der Waals surface area contributed by atoms with Gasteiger partial charge in [-0.1, -0.05) is 88.2 Å². The zero-order valence-electron chi connectivity index (χ0n) is 15.2. The molecule has 1 aliphatic heterocycles. The Morgan fingerprint density at radius 3 is 1.97 bits per heavy atom. The zero-order chi connectivity index (χ0) is 19.9. The maximum atomic E-state index is 13.7. The number of carbonyl (C=O) groups is 2. The third-order valence-electron chi connectivity index (χ3n) is 6.61. The molecule has 1 saturated heterocycles. The number of para-hydroxylation sites is 1. The molecule has 1 heterocycles. The molecule has 0 aromatic heterocycles. The fraction of sp³-hybridized carbons (Fsp3) is 0.167. The van der Waals surface area contributed by atoms with E-state index in [0.29, 0.717) is 10.7 Å². The number of rotatable bonds is 1. The molecule has 0 saturated carbocycles. The molecule has 4 aliphatic rings. The highest BCUT2D eigenvalue weighted by Gasteiger charge is 2.67. The minimum atomic E-state index is -0.734. The molecule has 3 aromatic carbocycles. The van der Waals surface area contributed by atoms with Crippen LogP contribution in [-0.4, -0.2) is 11.8 Å². The van der Waals surface area contributed by atoms with Gasteiger partial charge in [-0.25, -0.2) is 4.90 Å². The van der Waals surface area contributed by atoms with Gasteiger partial charge >= 0.3 is 0 Å². The van der Waals surface area contributed by atoms with Gasteiger partial charge in [0, 0.05) is 5.92 Å². The molecule has 0 N–H and O–H groups in total. The van der Waals surface area contributed by atoms with Gasteiger partial charge in [-0.3, -0.25) is 9.59 Å². The first kappa shape index (κ1) is 17.4. The molecule has 3 aromatic rings. The molecular formula is C24H15BrClNO2. The van der Waals surface area contributed by atoms with Gasteiger partial charge in [0.15, 0.2) is 0 Å². The second-order valence-electron chi connectivity index (χ2n) is 7.83. The quantitative estimate of drug-likeness (QED) is 0.365. The van der Waals surface area contributed by atoms with Crippen molar-refractivity contribution >= 4 is 45.0 Å². The van der Waals surface area contributed by atoms with E-state index < -0.39 is 16.2 Å². The predicted molar refractivity (Wildman–Crippen MR) is 115 cm³/mol. The summed E-state index contributed by atoms with van der Waals surface area (Å²) < 4.78 is -0.734. The van der Waals surface area contributed by atoms with E-state index in [1.54, 1.807) is 24.3 Å². The van der Waals surface area contributed by atoms with Crippen molar-refractivity contribution in [3.8, 4) is 0 Å². The molecule has 2 bridgehead atoms. The highest BCUT2D eigenvalue weighted by atomic mass is 79.9. The number of hydrogen-bond donors (Lipinski definition) is 0. The Balaban J connectivity index is 1.64. The Morgan fingerprint density at radius 2 is 1.34 bits per heavy atom.